The van der Waals surface area contributed by atoms with Gasteiger partial charge in [-0.15, -0.1) is 11.3 Å². The highest BCUT2D eigenvalue weighted by molar-refractivity contribution is 9.11. The fourth-order valence-corrected chi connectivity index (χ4v) is 1.71. The van der Waals surface area contributed by atoms with Gasteiger partial charge in [-0.2, -0.15) is 0 Å². The van der Waals surface area contributed by atoms with Crippen LogP contribution in [0, 0.1) is 0 Å². The molecule has 0 unspecified atom stereocenters. The number of nitrogens with two attached hydrogens (primary N) is 1. The summed E-state index contributed by atoms with van der Waals surface area (Å²) in [6.45, 7) is 0.488. The summed E-state index contributed by atoms with van der Waals surface area (Å²) >= 11 is 4.95. The highest BCUT2D eigenvalue weighted by Crippen LogP contribution is 2.20. The summed E-state index contributed by atoms with van der Waals surface area (Å²) in [5.74, 6) is 4.86. The second-order valence-corrected chi connectivity index (χ2v) is 3.86. The van der Waals surface area contributed by atoms with Crippen LogP contribution in [0.3, 0.4) is 0 Å². The van der Waals surface area contributed by atoms with E-state index in [4.69, 9.17) is 5.90 Å². The third-order valence-electron chi connectivity index (χ3n) is 0.872. The van der Waals surface area contributed by atoms with E-state index in [0.29, 0.717) is 6.61 Å². The van der Waals surface area contributed by atoms with Crippen molar-refractivity contribution in [2.24, 2.45) is 5.90 Å². The van der Waals surface area contributed by atoms with Crippen LogP contribution < -0.4 is 5.90 Å². The zero-order valence-electron chi connectivity index (χ0n) is 4.63. The maximum absolute atomic E-state index is 4.86. The van der Waals surface area contributed by atoms with Gasteiger partial charge in [0.05, 0.1) is 10.4 Å². The average Bonchev–Trinajstić information content (AvgIpc) is 2.17. The van der Waals surface area contributed by atoms with Crippen molar-refractivity contribution in [2.45, 2.75) is 6.61 Å². The molecule has 1 aromatic heterocycles. The predicted molar refractivity (Wildman–Crippen MR) is 41.0 cm³/mol. The van der Waals surface area contributed by atoms with Gasteiger partial charge in [0.25, 0.3) is 0 Å². The van der Waals surface area contributed by atoms with E-state index in [1.165, 1.54) is 0 Å². The van der Waals surface area contributed by atoms with Gasteiger partial charge in [-0.05, 0) is 32.9 Å². The van der Waals surface area contributed by atoms with E-state index < -0.39 is 0 Å². The molecule has 0 aliphatic heterocycles. The standard InChI is InChI=1S/C5H6BrNOS/c6-5-1-4(2-8-7)3-9-5/h1,3H,2,7H2. The summed E-state index contributed by atoms with van der Waals surface area (Å²) in [5.41, 5.74) is 1.11. The molecule has 0 fully saturated rings. The molecule has 2 nitrogen and oxygen atoms in total. The summed E-state index contributed by atoms with van der Waals surface area (Å²) in [4.78, 5) is 4.43. The average molecular weight is 208 g/mol. The fourth-order valence-electron chi connectivity index (χ4n) is 0.518. The number of hydrogen-bond donors (Lipinski definition) is 1. The summed E-state index contributed by atoms with van der Waals surface area (Å²) in [6, 6.07) is 1.98. The first kappa shape index (κ1) is 7.21. The molecule has 0 spiro atoms. The molecule has 1 heterocycles. The van der Waals surface area contributed by atoms with Gasteiger partial charge in [-0.1, -0.05) is 0 Å². The molecule has 0 saturated heterocycles. The van der Waals surface area contributed by atoms with Gasteiger partial charge in [0.15, 0.2) is 0 Å². The van der Waals surface area contributed by atoms with Crippen molar-refractivity contribution in [3.05, 3.63) is 20.8 Å². The monoisotopic (exact) mass is 207 g/mol. The Kier molecular flexibility index (Phi) is 2.65. The summed E-state index contributed by atoms with van der Waals surface area (Å²) in [6.07, 6.45) is 0. The molecule has 9 heavy (non-hydrogen) atoms. The Labute approximate surface area is 65.7 Å². The number of hydrogen-bond acceptors (Lipinski definition) is 3. The minimum Gasteiger partial charge on any atom is -0.300 e. The summed E-state index contributed by atoms with van der Waals surface area (Å²) < 4.78 is 1.11. The molecule has 2 N–H and O–H groups in total. The number of halogens is 1. The van der Waals surface area contributed by atoms with Gasteiger partial charge in [-0.3, -0.25) is 4.84 Å². The molecule has 0 saturated carbocycles. The fraction of sp³-hybridized carbons (Fsp3) is 0.200. The Morgan fingerprint density at radius 3 is 3.00 bits per heavy atom. The molecule has 0 aliphatic carbocycles. The third kappa shape index (κ3) is 2.06. The lowest BCUT2D eigenvalue weighted by atomic mass is 10.4. The van der Waals surface area contributed by atoms with Crippen molar-refractivity contribution in [1.82, 2.24) is 0 Å². The molecule has 1 aromatic rings. The molecule has 50 valence electrons. The van der Waals surface area contributed by atoms with Crippen LogP contribution in [-0.4, -0.2) is 0 Å². The van der Waals surface area contributed by atoms with Gasteiger partial charge in [0.2, 0.25) is 0 Å². The topological polar surface area (TPSA) is 35.2 Å². The Balaban J connectivity index is 2.61. The maximum atomic E-state index is 4.86. The second kappa shape index (κ2) is 3.31. The lowest BCUT2D eigenvalue weighted by molar-refractivity contribution is 0.124. The van der Waals surface area contributed by atoms with E-state index >= 15 is 0 Å². The quantitative estimate of drug-likeness (QED) is 0.753. The van der Waals surface area contributed by atoms with Gasteiger partial charge in [0, 0.05) is 0 Å². The third-order valence-corrected chi connectivity index (χ3v) is 2.43. The molecule has 0 atom stereocenters. The van der Waals surface area contributed by atoms with Crippen molar-refractivity contribution in [2.75, 3.05) is 0 Å². The lowest BCUT2D eigenvalue weighted by Gasteiger charge is -1.88. The lowest BCUT2D eigenvalue weighted by Crippen LogP contribution is -1.96. The van der Waals surface area contributed by atoms with Crippen molar-refractivity contribution < 1.29 is 4.84 Å². The largest absolute Gasteiger partial charge is 0.300 e. The van der Waals surface area contributed by atoms with Crippen molar-refractivity contribution in [3.8, 4) is 0 Å². The smallest absolute Gasteiger partial charge is 0.0938 e. The van der Waals surface area contributed by atoms with Crippen LogP contribution in [0.4, 0.5) is 0 Å². The predicted octanol–water partition coefficient (Wildman–Crippen LogP) is 1.90. The zero-order chi connectivity index (χ0) is 6.69. The van der Waals surface area contributed by atoms with Gasteiger partial charge in [-0.25, -0.2) is 5.90 Å². The van der Waals surface area contributed by atoms with Crippen molar-refractivity contribution in [1.29, 1.82) is 0 Å². The molecule has 4 heteroatoms. The summed E-state index contributed by atoms with van der Waals surface area (Å²) in [7, 11) is 0. The van der Waals surface area contributed by atoms with Crippen LogP contribution in [0.1, 0.15) is 5.56 Å². The van der Waals surface area contributed by atoms with Crippen LogP contribution in [0.5, 0.6) is 0 Å². The minimum absolute atomic E-state index is 0.488. The molecule has 1 rings (SSSR count). The molecular weight excluding hydrogens is 202 g/mol. The van der Waals surface area contributed by atoms with Crippen LogP contribution in [0.2, 0.25) is 0 Å². The van der Waals surface area contributed by atoms with Gasteiger partial charge >= 0.3 is 0 Å². The highest BCUT2D eigenvalue weighted by Gasteiger charge is 1.94. The van der Waals surface area contributed by atoms with E-state index in [-0.39, 0.29) is 0 Å². The zero-order valence-corrected chi connectivity index (χ0v) is 7.04. The van der Waals surface area contributed by atoms with Crippen LogP contribution in [0.15, 0.2) is 15.2 Å². The first-order valence-corrected chi connectivity index (χ1v) is 4.05. The first-order valence-electron chi connectivity index (χ1n) is 2.37. The molecular formula is C5H6BrNOS. The Morgan fingerprint density at radius 2 is 2.56 bits per heavy atom. The minimum atomic E-state index is 0.488. The normalized spacial score (nSPS) is 10.0. The first-order chi connectivity index (χ1) is 4.33. The summed E-state index contributed by atoms with van der Waals surface area (Å²) in [5, 5.41) is 2.00. The molecule has 0 aliphatic rings. The molecule has 0 bridgehead atoms. The Morgan fingerprint density at radius 1 is 1.78 bits per heavy atom. The van der Waals surface area contributed by atoms with Crippen molar-refractivity contribution in [3.63, 3.8) is 0 Å². The molecule has 0 radical (unpaired) electrons. The SMILES string of the molecule is NOCc1csc(Br)c1. The second-order valence-electron chi connectivity index (χ2n) is 1.57. The van der Waals surface area contributed by atoms with E-state index in [2.05, 4.69) is 20.8 Å². The number of rotatable bonds is 2. The van der Waals surface area contributed by atoms with Gasteiger partial charge in [0.1, 0.15) is 0 Å². The Hall–Kier alpha value is 0.100. The van der Waals surface area contributed by atoms with Crippen molar-refractivity contribution >= 4 is 27.3 Å². The Bertz CT molecular complexity index is 189. The molecule has 0 aromatic carbocycles. The van der Waals surface area contributed by atoms with Crippen LogP contribution in [0.25, 0.3) is 0 Å². The van der Waals surface area contributed by atoms with Crippen LogP contribution in [-0.2, 0) is 11.4 Å². The van der Waals surface area contributed by atoms with E-state index in [1.54, 1.807) is 11.3 Å². The van der Waals surface area contributed by atoms with E-state index in [1.807, 2.05) is 11.4 Å². The van der Waals surface area contributed by atoms with E-state index in [9.17, 15) is 0 Å². The van der Waals surface area contributed by atoms with Gasteiger partial charge < -0.3 is 0 Å². The molecule has 0 amide bonds. The van der Waals surface area contributed by atoms with Crippen LogP contribution >= 0.6 is 27.3 Å². The highest BCUT2D eigenvalue weighted by atomic mass is 79.9. The van der Waals surface area contributed by atoms with E-state index in [0.717, 1.165) is 9.35 Å². The number of thiophene rings is 1. The maximum Gasteiger partial charge on any atom is 0.0938 e.